The van der Waals surface area contributed by atoms with Crippen molar-refractivity contribution in [1.82, 2.24) is 10.6 Å². The van der Waals surface area contributed by atoms with E-state index in [1.807, 2.05) is 7.05 Å². The average Bonchev–Trinajstić information content (AvgIpc) is 3.33. The van der Waals surface area contributed by atoms with E-state index in [2.05, 4.69) is 46.8 Å². The zero-order chi connectivity index (χ0) is 18.2. The maximum absolute atomic E-state index is 6.17. The van der Waals surface area contributed by atoms with Gasteiger partial charge in [-0.25, -0.2) is 0 Å². The molecule has 142 valence electrons. The molecule has 1 aromatic carbocycles. The van der Waals surface area contributed by atoms with E-state index in [-0.39, 0.29) is 6.10 Å². The van der Waals surface area contributed by atoms with Gasteiger partial charge in [-0.05, 0) is 44.2 Å². The van der Waals surface area contributed by atoms with Crippen molar-refractivity contribution in [3.05, 3.63) is 41.0 Å². The Balaban J connectivity index is 1.51. The molecular formula is C21H31N3O2. The monoisotopic (exact) mass is 357 g/mol. The average molecular weight is 357 g/mol. The lowest BCUT2D eigenvalue weighted by molar-refractivity contribution is 0.140. The highest BCUT2D eigenvalue weighted by Crippen LogP contribution is 2.24. The number of nitrogens with zero attached hydrogens (tertiary/aromatic N) is 1. The van der Waals surface area contributed by atoms with Crippen molar-refractivity contribution < 1.29 is 9.47 Å². The summed E-state index contributed by atoms with van der Waals surface area (Å²) in [6.07, 6.45) is 8.40. The first-order valence-corrected chi connectivity index (χ1v) is 9.71. The highest BCUT2D eigenvalue weighted by atomic mass is 16.5. The van der Waals surface area contributed by atoms with Gasteiger partial charge in [-0.3, -0.25) is 4.99 Å². The van der Waals surface area contributed by atoms with Gasteiger partial charge in [0.2, 0.25) is 0 Å². The minimum atomic E-state index is 0.160. The van der Waals surface area contributed by atoms with E-state index in [0.29, 0.717) is 13.2 Å². The first-order chi connectivity index (χ1) is 12.7. The Bertz CT molecular complexity index is 649. The van der Waals surface area contributed by atoms with Crippen molar-refractivity contribution in [2.24, 2.45) is 4.99 Å². The third-order valence-corrected chi connectivity index (χ3v) is 4.95. The van der Waals surface area contributed by atoms with Crippen molar-refractivity contribution >= 4 is 5.96 Å². The second kappa shape index (κ2) is 9.62. The van der Waals surface area contributed by atoms with Crippen LogP contribution in [0, 0.1) is 6.92 Å². The Morgan fingerprint density at radius 3 is 3.00 bits per heavy atom. The molecule has 0 bridgehead atoms. The van der Waals surface area contributed by atoms with Crippen molar-refractivity contribution in [3.8, 4) is 5.75 Å². The highest BCUT2D eigenvalue weighted by molar-refractivity contribution is 5.79. The Kier molecular flexibility index (Phi) is 6.95. The molecule has 1 atom stereocenters. The summed E-state index contributed by atoms with van der Waals surface area (Å²) in [5.74, 6) is 1.78. The molecule has 1 aromatic rings. The van der Waals surface area contributed by atoms with E-state index in [1.165, 1.54) is 24.8 Å². The number of hydrogen-bond acceptors (Lipinski definition) is 3. The number of nitrogens with one attached hydrogen (secondary N) is 2. The predicted octanol–water partition coefficient (Wildman–Crippen LogP) is 3.33. The fraction of sp³-hybridized carbons (Fsp3) is 0.571. The van der Waals surface area contributed by atoms with E-state index in [0.717, 1.165) is 43.3 Å². The quantitative estimate of drug-likeness (QED) is 0.446. The van der Waals surface area contributed by atoms with Crippen LogP contribution in [0.1, 0.15) is 43.2 Å². The second-order valence-electron chi connectivity index (χ2n) is 7.07. The molecule has 1 saturated heterocycles. The van der Waals surface area contributed by atoms with Crippen LogP contribution >= 0.6 is 0 Å². The van der Waals surface area contributed by atoms with Gasteiger partial charge in [0.05, 0.1) is 13.2 Å². The summed E-state index contributed by atoms with van der Waals surface area (Å²) in [5, 5.41) is 6.81. The summed E-state index contributed by atoms with van der Waals surface area (Å²) in [4.78, 5) is 4.33. The molecule has 1 unspecified atom stereocenters. The Hall–Kier alpha value is -2.01. The van der Waals surface area contributed by atoms with E-state index in [4.69, 9.17) is 9.47 Å². The molecule has 1 aliphatic carbocycles. The fourth-order valence-corrected chi connectivity index (χ4v) is 3.41. The van der Waals surface area contributed by atoms with Crippen LogP contribution in [-0.4, -0.2) is 38.9 Å². The first kappa shape index (κ1) is 18.8. The van der Waals surface area contributed by atoms with Gasteiger partial charge < -0.3 is 20.1 Å². The normalized spacial score (nSPS) is 20.2. The van der Waals surface area contributed by atoms with Gasteiger partial charge in [-0.1, -0.05) is 23.8 Å². The molecule has 26 heavy (non-hydrogen) atoms. The molecule has 1 heterocycles. The summed E-state index contributed by atoms with van der Waals surface area (Å²) in [5.41, 5.74) is 3.92. The summed E-state index contributed by atoms with van der Waals surface area (Å²) in [7, 11) is 1.81. The first-order valence-electron chi connectivity index (χ1n) is 9.71. The number of aliphatic imine (C=N–C) groups is 1. The SMILES string of the molecule is CN=C(NCCC1=CCCC1)NCc1ccc(C)cc1OC1CCOC1. The van der Waals surface area contributed by atoms with E-state index < -0.39 is 0 Å². The molecule has 5 heteroatoms. The molecule has 1 aliphatic heterocycles. The fourth-order valence-electron chi connectivity index (χ4n) is 3.41. The number of guanidine groups is 1. The van der Waals surface area contributed by atoms with Gasteiger partial charge >= 0.3 is 0 Å². The molecule has 0 aromatic heterocycles. The standard InChI is InChI=1S/C21H31N3O2/c1-16-7-8-18(20(13-16)26-19-10-12-25-15-19)14-24-21(22-2)23-11-9-17-5-3-4-6-17/h5,7-8,13,19H,3-4,6,9-12,14-15H2,1-2H3,(H2,22,23,24). The van der Waals surface area contributed by atoms with Crippen LogP contribution < -0.4 is 15.4 Å². The molecule has 3 rings (SSSR count). The number of ether oxygens (including phenoxy) is 2. The maximum atomic E-state index is 6.17. The molecular weight excluding hydrogens is 326 g/mol. The minimum absolute atomic E-state index is 0.160. The third-order valence-electron chi connectivity index (χ3n) is 4.95. The van der Waals surface area contributed by atoms with Crippen LogP contribution in [0.2, 0.25) is 0 Å². The van der Waals surface area contributed by atoms with Crippen LogP contribution in [0.15, 0.2) is 34.8 Å². The van der Waals surface area contributed by atoms with Crippen molar-refractivity contribution in [3.63, 3.8) is 0 Å². The highest BCUT2D eigenvalue weighted by Gasteiger charge is 2.18. The summed E-state index contributed by atoms with van der Waals surface area (Å²) >= 11 is 0. The lowest BCUT2D eigenvalue weighted by Crippen LogP contribution is -2.37. The van der Waals surface area contributed by atoms with Crippen LogP contribution in [-0.2, 0) is 11.3 Å². The third kappa shape index (κ3) is 5.49. The Morgan fingerprint density at radius 1 is 1.35 bits per heavy atom. The largest absolute Gasteiger partial charge is 0.488 e. The van der Waals surface area contributed by atoms with Crippen LogP contribution in [0.25, 0.3) is 0 Å². The molecule has 5 nitrogen and oxygen atoms in total. The minimum Gasteiger partial charge on any atom is -0.488 e. The van der Waals surface area contributed by atoms with Gasteiger partial charge in [0.15, 0.2) is 5.96 Å². The summed E-state index contributed by atoms with van der Waals surface area (Å²) < 4.78 is 11.6. The Morgan fingerprint density at radius 2 is 2.27 bits per heavy atom. The molecule has 2 aliphatic rings. The van der Waals surface area contributed by atoms with Crippen LogP contribution in [0.5, 0.6) is 5.75 Å². The number of rotatable bonds is 7. The van der Waals surface area contributed by atoms with Gasteiger partial charge in [0, 0.05) is 32.1 Å². The van der Waals surface area contributed by atoms with Gasteiger partial charge in [0.25, 0.3) is 0 Å². The van der Waals surface area contributed by atoms with E-state index in [9.17, 15) is 0 Å². The molecule has 1 fully saturated rings. The lowest BCUT2D eigenvalue weighted by atomic mass is 10.1. The predicted molar refractivity (Wildman–Crippen MR) is 106 cm³/mol. The number of hydrogen-bond donors (Lipinski definition) is 2. The summed E-state index contributed by atoms with van der Waals surface area (Å²) in [6.45, 7) is 5.16. The smallest absolute Gasteiger partial charge is 0.191 e. The Labute approximate surface area is 156 Å². The van der Waals surface area contributed by atoms with Crippen molar-refractivity contribution in [2.75, 3.05) is 26.8 Å². The van der Waals surface area contributed by atoms with E-state index in [1.54, 1.807) is 5.57 Å². The maximum Gasteiger partial charge on any atom is 0.191 e. The molecule has 2 N–H and O–H groups in total. The number of aryl methyl sites for hydroxylation is 1. The van der Waals surface area contributed by atoms with Gasteiger partial charge in [0.1, 0.15) is 11.9 Å². The topological polar surface area (TPSA) is 54.9 Å². The molecule has 0 saturated carbocycles. The van der Waals surface area contributed by atoms with E-state index >= 15 is 0 Å². The van der Waals surface area contributed by atoms with Crippen LogP contribution in [0.3, 0.4) is 0 Å². The van der Waals surface area contributed by atoms with Gasteiger partial charge in [-0.15, -0.1) is 0 Å². The number of allylic oxidation sites excluding steroid dienone is 1. The van der Waals surface area contributed by atoms with Crippen LogP contribution in [0.4, 0.5) is 0 Å². The summed E-state index contributed by atoms with van der Waals surface area (Å²) in [6, 6.07) is 6.36. The lowest BCUT2D eigenvalue weighted by Gasteiger charge is -2.18. The second-order valence-corrected chi connectivity index (χ2v) is 7.07. The van der Waals surface area contributed by atoms with Crippen molar-refractivity contribution in [1.29, 1.82) is 0 Å². The molecule has 0 spiro atoms. The molecule has 0 amide bonds. The zero-order valence-corrected chi connectivity index (χ0v) is 16.0. The van der Waals surface area contributed by atoms with Crippen molar-refractivity contribution in [2.45, 2.75) is 51.7 Å². The number of benzene rings is 1. The molecule has 0 radical (unpaired) electrons. The zero-order valence-electron chi connectivity index (χ0n) is 16.0. The van der Waals surface area contributed by atoms with Gasteiger partial charge in [-0.2, -0.15) is 0 Å².